The number of primary amides is 1. The summed E-state index contributed by atoms with van der Waals surface area (Å²) < 4.78 is 1.87. The average Bonchev–Trinajstić information content (AvgIpc) is 2.82. The molecular weight excluding hydrogens is 242 g/mol. The summed E-state index contributed by atoms with van der Waals surface area (Å²) in [5.41, 5.74) is 8.35. The van der Waals surface area contributed by atoms with Gasteiger partial charge in [0.2, 0.25) is 5.91 Å². The van der Waals surface area contributed by atoms with Gasteiger partial charge in [0.05, 0.1) is 5.69 Å². The van der Waals surface area contributed by atoms with Gasteiger partial charge in [0.15, 0.2) is 5.49 Å². The van der Waals surface area contributed by atoms with Crippen LogP contribution >= 0.6 is 0 Å². The van der Waals surface area contributed by atoms with Crippen LogP contribution in [0.5, 0.6) is 0 Å². The van der Waals surface area contributed by atoms with Crippen molar-refractivity contribution in [1.29, 1.82) is 0 Å². The van der Waals surface area contributed by atoms with Crippen LogP contribution in [0.2, 0.25) is 0 Å². The molecule has 1 aliphatic rings. The Morgan fingerprint density at radius 3 is 3.11 bits per heavy atom. The fraction of sp³-hybridized carbons (Fsp3) is 0.154. The standard InChI is InChI=1S/C13H13N5O/c1-8-9(12(14)19)3-2-4-11(8)18-7-17-10-5-15-6-16-13(10)18/h2-5,7,15H,6H2,1H3,(H2,14,19). The minimum atomic E-state index is -0.432. The largest absolute Gasteiger partial charge is 0.370 e. The molecule has 2 aromatic rings. The number of aromatic nitrogens is 2. The molecular formula is C13H13N5O. The van der Waals surface area contributed by atoms with Crippen LogP contribution in [0.1, 0.15) is 15.9 Å². The van der Waals surface area contributed by atoms with E-state index < -0.39 is 5.91 Å². The Morgan fingerprint density at radius 1 is 1.47 bits per heavy atom. The third-order valence-corrected chi connectivity index (χ3v) is 3.16. The first kappa shape index (κ1) is 11.5. The summed E-state index contributed by atoms with van der Waals surface area (Å²) in [5.74, 6) is -0.432. The van der Waals surface area contributed by atoms with E-state index >= 15 is 0 Å². The molecule has 0 atom stereocenters. The lowest BCUT2D eigenvalue weighted by Gasteiger charge is -2.10. The molecule has 0 radical (unpaired) electrons. The molecule has 6 heteroatoms. The van der Waals surface area contributed by atoms with Gasteiger partial charge in [0.1, 0.15) is 18.3 Å². The molecule has 0 fully saturated rings. The molecule has 6 nitrogen and oxygen atoms in total. The van der Waals surface area contributed by atoms with Crippen molar-refractivity contribution in [2.75, 3.05) is 6.67 Å². The second kappa shape index (κ2) is 4.24. The minimum absolute atomic E-state index is 0.432. The van der Waals surface area contributed by atoms with Crippen LogP contribution in [-0.4, -0.2) is 22.1 Å². The number of hydrogen-bond donors (Lipinski definition) is 2. The molecule has 96 valence electrons. The molecule has 1 aromatic heterocycles. The second-order valence-corrected chi connectivity index (χ2v) is 4.30. The summed E-state index contributed by atoms with van der Waals surface area (Å²) in [6.07, 6.45) is 3.52. The molecule has 0 unspecified atom stereocenters. The highest BCUT2D eigenvalue weighted by atomic mass is 16.1. The highest BCUT2D eigenvalue weighted by Crippen LogP contribution is 2.15. The van der Waals surface area contributed by atoms with E-state index in [9.17, 15) is 4.79 Å². The minimum Gasteiger partial charge on any atom is -0.370 e. The number of rotatable bonds is 2. The lowest BCUT2D eigenvalue weighted by Crippen LogP contribution is -2.37. The molecule has 0 saturated heterocycles. The van der Waals surface area contributed by atoms with Gasteiger partial charge in [-0.2, -0.15) is 0 Å². The van der Waals surface area contributed by atoms with Gasteiger partial charge >= 0.3 is 0 Å². The zero-order valence-electron chi connectivity index (χ0n) is 10.4. The maximum absolute atomic E-state index is 11.4. The van der Waals surface area contributed by atoms with Gasteiger partial charge in [-0.3, -0.25) is 9.36 Å². The van der Waals surface area contributed by atoms with E-state index in [2.05, 4.69) is 15.3 Å². The first-order valence-electron chi connectivity index (χ1n) is 5.89. The van der Waals surface area contributed by atoms with E-state index in [0.29, 0.717) is 12.2 Å². The molecule has 1 amide bonds. The van der Waals surface area contributed by atoms with Crippen molar-refractivity contribution in [3.05, 3.63) is 46.5 Å². The Morgan fingerprint density at radius 2 is 2.32 bits per heavy atom. The summed E-state index contributed by atoms with van der Waals surface area (Å²) >= 11 is 0. The number of carbonyl (C=O) groups is 1. The second-order valence-electron chi connectivity index (χ2n) is 4.30. The Hall–Kier alpha value is -2.63. The quantitative estimate of drug-likeness (QED) is 0.736. The van der Waals surface area contributed by atoms with Crippen LogP contribution < -0.4 is 21.9 Å². The Bertz CT molecular complexity index is 775. The van der Waals surface area contributed by atoms with Crippen molar-refractivity contribution < 1.29 is 4.79 Å². The lowest BCUT2D eigenvalue weighted by atomic mass is 10.1. The number of carbonyl (C=O) groups excluding carboxylic acids is 1. The SMILES string of the molecule is Cc1c(C(N)=O)cccc1-n1cnc2c1=NCNC=2. The molecule has 1 aromatic carbocycles. The van der Waals surface area contributed by atoms with Crippen molar-refractivity contribution in [2.45, 2.75) is 6.92 Å². The van der Waals surface area contributed by atoms with Crippen LogP contribution in [-0.2, 0) is 0 Å². The number of nitrogens with zero attached hydrogens (tertiary/aromatic N) is 3. The smallest absolute Gasteiger partial charge is 0.249 e. The van der Waals surface area contributed by atoms with Crippen LogP contribution in [0.25, 0.3) is 11.9 Å². The van der Waals surface area contributed by atoms with Crippen molar-refractivity contribution in [3.8, 4) is 5.69 Å². The van der Waals surface area contributed by atoms with Crippen molar-refractivity contribution >= 4 is 12.1 Å². The monoisotopic (exact) mass is 255 g/mol. The van der Waals surface area contributed by atoms with Crippen molar-refractivity contribution in [1.82, 2.24) is 14.9 Å². The lowest BCUT2D eigenvalue weighted by molar-refractivity contribution is 0.0999. The van der Waals surface area contributed by atoms with Crippen LogP contribution in [0.15, 0.2) is 29.5 Å². The summed E-state index contributed by atoms with van der Waals surface area (Å²) in [6.45, 7) is 2.39. The Labute approximate surface area is 109 Å². The number of imidazole rings is 1. The summed E-state index contributed by atoms with van der Waals surface area (Å²) in [7, 11) is 0. The van der Waals surface area contributed by atoms with E-state index in [1.54, 1.807) is 18.5 Å². The Kier molecular flexibility index (Phi) is 2.56. The maximum Gasteiger partial charge on any atom is 0.249 e. The number of nitrogens with one attached hydrogen (secondary N) is 1. The molecule has 2 heterocycles. The van der Waals surface area contributed by atoms with E-state index in [-0.39, 0.29) is 0 Å². The zero-order chi connectivity index (χ0) is 13.4. The van der Waals surface area contributed by atoms with E-state index in [0.717, 1.165) is 22.1 Å². The number of hydrogen-bond acceptors (Lipinski definition) is 4. The summed E-state index contributed by atoms with van der Waals surface area (Å²) in [4.78, 5) is 20.1. The molecule has 3 N–H and O–H groups in total. The Balaban J connectivity index is 2.27. The van der Waals surface area contributed by atoms with Gasteiger partial charge < -0.3 is 11.1 Å². The highest BCUT2D eigenvalue weighted by molar-refractivity contribution is 5.95. The van der Waals surface area contributed by atoms with E-state index in [1.165, 1.54) is 0 Å². The molecule has 0 saturated carbocycles. The van der Waals surface area contributed by atoms with Gasteiger partial charge in [-0.1, -0.05) is 6.07 Å². The van der Waals surface area contributed by atoms with Gasteiger partial charge in [0, 0.05) is 11.8 Å². The van der Waals surface area contributed by atoms with Gasteiger partial charge in [-0.05, 0) is 24.6 Å². The molecule has 0 bridgehead atoms. The van der Waals surface area contributed by atoms with Crippen LogP contribution in [0.4, 0.5) is 0 Å². The van der Waals surface area contributed by atoms with Gasteiger partial charge in [-0.25, -0.2) is 9.98 Å². The zero-order valence-corrected chi connectivity index (χ0v) is 10.4. The normalized spacial score (nSPS) is 12.9. The molecule has 0 aliphatic carbocycles. The fourth-order valence-corrected chi connectivity index (χ4v) is 2.21. The molecule has 3 rings (SSSR count). The number of benzene rings is 1. The maximum atomic E-state index is 11.4. The van der Waals surface area contributed by atoms with Gasteiger partial charge in [0.25, 0.3) is 0 Å². The highest BCUT2D eigenvalue weighted by Gasteiger charge is 2.12. The number of amides is 1. The van der Waals surface area contributed by atoms with Crippen LogP contribution in [0.3, 0.4) is 0 Å². The fourth-order valence-electron chi connectivity index (χ4n) is 2.21. The molecule has 1 aliphatic heterocycles. The third-order valence-electron chi connectivity index (χ3n) is 3.16. The average molecular weight is 255 g/mol. The summed E-state index contributed by atoms with van der Waals surface area (Å²) in [5, 5.41) is 3.80. The van der Waals surface area contributed by atoms with E-state index in [4.69, 9.17) is 5.73 Å². The number of nitrogens with two attached hydrogens (primary N) is 1. The molecule has 19 heavy (non-hydrogen) atoms. The van der Waals surface area contributed by atoms with Gasteiger partial charge in [-0.15, -0.1) is 0 Å². The predicted octanol–water partition coefficient (Wildman–Crippen LogP) is -0.802. The van der Waals surface area contributed by atoms with Crippen LogP contribution in [0, 0.1) is 6.92 Å². The first-order chi connectivity index (χ1) is 9.18. The summed E-state index contributed by atoms with van der Waals surface area (Å²) in [6, 6.07) is 5.44. The topological polar surface area (TPSA) is 85.3 Å². The number of fused-ring (bicyclic) bond motifs is 1. The van der Waals surface area contributed by atoms with Crippen molar-refractivity contribution in [3.63, 3.8) is 0 Å². The first-order valence-corrected chi connectivity index (χ1v) is 5.89. The third kappa shape index (κ3) is 1.77. The molecule has 0 spiro atoms. The van der Waals surface area contributed by atoms with E-state index in [1.807, 2.05) is 23.8 Å². The van der Waals surface area contributed by atoms with Crippen molar-refractivity contribution in [2.24, 2.45) is 10.7 Å². The predicted molar refractivity (Wildman–Crippen MR) is 70.1 cm³/mol.